The summed E-state index contributed by atoms with van der Waals surface area (Å²) in [5.74, 6) is -0.0639. The highest BCUT2D eigenvalue weighted by Crippen LogP contribution is 2.12. The highest BCUT2D eigenvalue weighted by Gasteiger charge is 2.30. The van der Waals surface area contributed by atoms with Crippen molar-refractivity contribution in [3.05, 3.63) is 0 Å². The molecule has 1 saturated heterocycles. The second kappa shape index (κ2) is 3.69. The van der Waals surface area contributed by atoms with Crippen LogP contribution >= 0.6 is 0 Å². The lowest BCUT2D eigenvalue weighted by molar-refractivity contribution is -0.127. The first-order valence-corrected chi connectivity index (χ1v) is 3.72. The van der Waals surface area contributed by atoms with Gasteiger partial charge in [-0.1, -0.05) is 0 Å². The van der Waals surface area contributed by atoms with E-state index in [0.29, 0.717) is 12.8 Å². The number of aliphatic hydroxyl groups excluding tert-OH is 1. The molecule has 0 aromatic rings. The summed E-state index contributed by atoms with van der Waals surface area (Å²) in [5.41, 5.74) is 0. The maximum atomic E-state index is 11.0. The smallest absolute Gasteiger partial charge is 0.249 e. The molecule has 0 aromatic carbocycles. The molecule has 0 spiro atoms. The number of methoxy groups -OCH3 is 1. The fourth-order valence-corrected chi connectivity index (χ4v) is 1.27. The molecule has 1 unspecified atom stereocenters. The van der Waals surface area contributed by atoms with Crippen LogP contribution in [0.4, 0.5) is 0 Å². The van der Waals surface area contributed by atoms with E-state index in [4.69, 9.17) is 9.84 Å². The summed E-state index contributed by atoms with van der Waals surface area (Å²) in [5, 5.41) is 11.3. The topological polar surface area (TPSA) is 58.6 Å². The standard InChI is InChI=1S/C7H13NO3/c1-11-6-4-5(2-3-9)8-7(6)10/h5-6,9H,2-4H2,1H3,(H,8,10)/t5-,6?/m1/s1. The van der Waals surface area contributed by atoms with E-state index in [-0.39, 0.29) is 24.7 Å². The Bertz CT molecular complexity index is 149. The Labute approximate surface area is 65.5 Å². The predicted molar refractivity (Wildman–Crippen MR) is 39.0 cm³/mol. The van der Waals surface area contributed by atoms with Gasteiger partial charge < -0.3 is 15.2 Å². The van der Waals surface area contributed by atoms with Crippen molar-refractivity contribution >= 4 is 5.91 Å². The lowest BCUT2D eigenvalue weighted by Gasteiger charge is -2.05. The van der Waals surface area contributed by atoms with Crippen molar-refractivity contribution in [3.63, 3.8) is 0 Å². The molecule has 0 radical (unpaired) electrons. The largest absolute Gasteiger partial charge is 0.396 e. The Morgan fingerprint density at radius 3 is 3.00 bits per heavy atom. The van der Waals surface area contributed by atoms with Crippen molar-refractivity contribution in [1.29, 1.82) is 0 Å². The number of ether oxygens (including phenoxy) is 1. The van der Waals surface area contributed by atoms with Crippen molar-refractivity contribution in [2.45, 2.75) is 25.0 Å². The van der Waals surface area contributed by atoms with Crippen LogP contribution in [0.2, 0.25) is 0 Å². The maximum Gasteiger partial charge on any atom is 0.249 e. The number of rotatable bonds is 3. The fourth-order valence-electron chi connectivity index (χ4n) is 1.27. The second-order valence-electron chi connectivity index (χ2n) is 2.68. The molecule has 0 saturated carbocycles. The van der Waals surface area contributed by atoms with Gasteiger partial charge in [0.05, 0.1) is 0 Å². The molecule has 0 bridgehead atoms. The third-order valence-electron chi connectivity index (χ3n) is 1.90. The van der Waals surface area contributed by atoms with E-state index in [1.807, 2.05) is 0 Å². The molecule has 0 aromatic heterocycles. The van der Waals surface area contributed by atoms with Gasteiger partial charge in [-0.2, -0.15) is 0 Å². The average Bonchev–Trinajstić information content (AvgIpc) is 2.32. The first kappa shape index (κ1) is 8.49. The van der Waals surface area contributed by atoms with Crippen LogP contribution in [0, 0.1) is 0 Å². The molecular formula is C7H13NO3. The highest BCUT2D eigenvalue weighted by molar-refractivity contribution is 5.83. The van der Waals surface area contributed by atoms with Crippen molar-refractivity contribution in [2.75, 3.05) is 13.7 Å². The van der Waals surface area contributed by atoms with Crippen LogP contribution in [0.1, 0.15) is 12.8 Å². The zero-order chi connectivity index (χ0) is 8.27. The number of nitrogens with one attached hydrogen (secondary N) is 1. The minimum absolute atomic E-state index is 0.0639. The molecule has 2 N–H and O–H groups in total. The molecule has 2 atom stereocenters. The van der Waals surface area contributed by atoms with Crippen LogP contribution in [0.5, 0.6) is 0 Å². The summed E-state index contributed by atoms with van der Waals surface area (Å²) in [7, 11) is 1.52. The van der Waals surface area contributed by atoms with E-state index in [0.717, 1.165) is 0 Å². The number of hydrogen-bond acceptors (Lipinski definition) is 3. The van der Waals surface area contributed by atoms with Gasteiger partial charge in [0.1, 0.15) is 6.10 Å². The van der Waals surface area contributed by atoms with Crippen LogP contribution in [0.25, 0.3) is 0 Å². The van der Waals surface area contributed by atoms with E-state index in [1.165, 1.54) is 7.11 Å². The molecular weight excluding hydrogens is 146 g/mol. The number of carbonyl (C=O) groups is 1. The Morgan fingerprint density at radius 1 is 1.82 bits per heavy atom. The lowest BCUT2D eigenvalue weighted by Crippen LogP contribution is -2.28. The van der Waals surface area contributed by atoms with Crippen molar-refractivity contribution in [2.24, 2.45) is 0 Å². The van der Waals surface area contributed by atoms with Crippen LogP contribution in [0.3, 0.4) is 0 Å². The normalized spacial score (nSPS) is 30.5. The molecule has 0 aliphatic carbocycles. The Hall–Kier alpha value is -0.610. The average molecular weight is 159 g/mol. The van der Waals surface area contributed by atoms with Gasteiger partial charge in [-0.25, -0.2) is 0 Å². The molecule has 11 heavy (non-hydrogen) atoms. The van der Waals surface area contributed by atoms with Crippen LogP contribution in [0.15, 0.2) is 0 Å². The lowest BCUT2D eigenvalue weighted by atomic mass is 10.1. The minimum Gasteiger partial charge on any atom is -0.396 e. The third-order valence-corrected chi connectivity index (χ3v) is 1.90. The zero-order valence-electron chi connectivity index (χ0n) is 6.54. The summed E-state index contributed by atoms with van der Waals surface area (Å²) in [6.07, 6.45) is 0.980. The molecule has 1 rings (SSSR count). The molecule has 1 amide bonds. The molecule has 1 heterocycles. The van der Waals surface area contributed by atoms with Gasteiger partial charge in [0, 0.05) is 26.2 Å². The summed E-state index contributed by atoms with van der Waals surface area (Å²) in [4.78, 5) is 11.0. The van der Waals surface area contributed by atoms with Gasteiger partial charge in [0.2, 0.25) is 5.91 Å². The van der Waals surface area contributed by atoms with Gasteiger partial charge in [-0.15, -0.1) is 0 Å². The van der Waals surface area contributed by atoms with Crippen molar-refractivity contribution in [3.8, 4) is 0 Å². The van der Waals surface area contributed by atoms with E-state index < -0.39 is 0 Å². The van der Waals surface area contributed by atoms with E-state index >= 15 is 0 Å². The number of aliphatic hydroxyl groups is 1. The molecule has 64 valence electrons. The molecule has 1 fully saturated rings. The SMILES string of the molecule is COC1C[C@@H](CCO)NC1=O. The Kier molecular flexibility index (Phi) is 2.84. The van der Waals surface area contributed by atoms with E-state index in [1.54, 1.807) is 0 Å². The first-order valence-electron chi connectivity index (χ1n) is 3.72. The maximum absolute atomic E-state index is 11.0. The fraction of sp³-hybridized carbons (Fsp3) is 0.857. The first-order chi connectivity index (χ1) is 5.27. The van der Waals surface area contributed by atoms with E-state index in [2.05, 4.69) is 5.32 Å². The van der Waals surface area contributed by atoms with Crippen LogP contribution in [-0.2, 0) is 9.53 Å². The van der Waals surface area contributed by atoms with Crippen LogP contribution < -0.4 is 5.32 Å². The highest BCUT2D eigenvalue weighted by atomic mass is 16.5. The predicted octanol–water partition coefficient (Wildman–Crippen LogP) is -0.728. The molecule has 4 nitrogen and oxygen atoms in total. The number of amides is 1. The Balaban J connectivity index is 2.36. The van der Waals surface area contributed by atoms with Gasteiger partial charge in [-0.05, 0) is 6.42 Å². The molecule has 1 aliphatic heterocycles. The molecule has 1 aliphatic rings. The zero-order valence-corrected chi connectivity index (χ0v) is 6.54. The summed E-state index contributed by atoms with van der Waals surface area (Å²) >= 11 is 0. The summed E-state index contributed by atoms with van der Waals surface area (Å²) < 4.78 is 4.91. The summed E-state index contributed by atoms with van der Waals surface area (Å²) in [6, 6.07) is 0.0949. The van der Waals surface area contributed by atoms with Gasteiger partial charge in [-0.3, -0.25) is 4.79 Å². The third kappa shape index (κ3) is 1.91. The number of carbonyl (C=O) groups excluding carboxylic acids is 1. The van der Waals surface area contributed by atoms with E-state index in [9.17, 15) is 4.79 Å². The monoisotopic (exact) mass is 159 g/mol. The van der Waals surface area contributed by atoms with Gasteiger partial charge >= 0.3 is 0 Å². The van der Waals surface area contributed by atoms with Gasteiger partial charge in [0.25, 0.3) is 0 Å². The number of hydrogen-bond donors (Lipinski definition) is 2. The minimum atomic E-state index is -0.313. The quantitative estimate of drug-likeness (QED) is 0.571. The van der Waals surface area contributed by atoms with Gasteiger partial charge in [0.15, 0.2) is 0 Å². The summed E-state index contributed by atoms with van der Waals surface area (Å²) in [6.45, 7) is 0.112. The van der Waals surface area contributed by atoms with Crippen LogP contribution in [-0.4, -0.2) is 36.9 Å². The van der Waals surface area contributed by atoms with Crippen molar-refractivity contribution < 1.29 is 14.6 Å². The molecule has 4 heteroatoms. The van der Waals surface area contributed by atoms with Crippen molar-refractivity contribution in [1.82, 2.24) is 5.32 Å². The Morgan fingerprint density at radius 2 is 2.55 bits per heavy atom. The second-order valence-corrected chi connectivity index (χ2v) is 2.68.